The first-order valence-electron chi connectivity index (χ1n) is 5.35. The van der Waals surface area contributed by atoms with Crippen LogP contribution in [0.4, 0.5) is 13.2 Å². The molecule has 0 radical (unpaired) electrons. The zero-order chi connectivity index (χ0) is 15.6. The van der Waals surface area contributed by atoms with Gasteiger partial charge < -0.3 is 4.74 Å². The van der Waals surface area contributed by atoms with Gasteiger partial charge in [-0.15, -0.1) is 0 Å². The van der Waals surface area contributed by atoms with Gasteiger partial charge >= 0.3 is 11.5 Å². The number of alkyl halides is 3. The van der Waals surface area contributed by atoms with E-state index in [1.165, 1.54) is 0 Å². The summed E-state index contributed by atoms with van der Waals surface area (Å²) in [6, 6.07) is 2.47. The summed E-state index contributed by atoms with van der Waals surface area (Å²) in [5, 5.41) is -0.247. The fourth-order valence-corrected chi connectivity index (χ4v) is 2.44. The molecule has 1 aromatic carbocycles. The van der Waals surface area contributed by atoms with E-state index in [4.69, 9.17) is 11.6 Å². The van der Waals surface area contributed by atoms with Gasteiger partial charge in [0.25, 0.3) is 9.84 Å². The minimum absolute atomic E-state index is 0.150. The number of carbonyl (C=O) groups excluding carboxylic acids is 1. The number of halogens is 4. The van der Waals surface area contributed by atoms with Crippen LogP contribution in [0.2, 0.25) is 5.02 Å². The van der Waals surface area contributed by atoms with E-state index < -0.39 is 26.2 Å². The third-order valence-corrected chi connectivity index (χ3v) is 4.12. The molecule has 0 aliphatic carbocycles. The van der Waals surface area contributed by atoms with Crippen molar-refractivity contribution in [1.82, 2.24) is 0 Å². The summed E-state index contributed by atoms with van der Waals surface area (Å²) in [5.74, 6) is -0.610. The van der Waals surface area contributed by atoms with E-state index in [0.29, 0.717) is 6.07 Å². The third-order valence-electron chi connectivity index (χ3n) is 2.28. The minimum Gasteiger partial charge on any atom is -0.466 e. The van der Waals surface area contributed by atoms with Crippen molar-refractivity contribution in [1.29, 1.82) is 0 Å². The first-order valence-corrected chi connectivity index (χ1v) is 7.21. The highest BCUT2D eigenvalue weighted by atomic mass is 35.5. The average Bonchev–Trinajstić information content (AvgIpc) is 2.30. The lowest BCUT2D eigenvalue weighted by atomic mass is 10.1. The molecular formula is C11H10ClF3O4S. The van der Waals surface area contributed by atoms with Gasteiger partial charge in [0.1, 0.15) is 0 Å². The summed E-state index contributed by atoms with van der Waals surface area (Å²) in [6.07, 6.45) is -0.251. The second-order valence-electron chi connectivity index (χ2n) is 3.68. The van der Waals surface area contributed by atoms with Gasteiger partial charge in [-0.05, 0) is 24.6 Å². The van der Waals surface area contributed by atoms with Crippen LogP contribution in [-0.4, -0.2) is 26.5 Å². The highest BCUT2D eigenvalue weighted by molar-refractivity contribution is 7.92. The fourth-order valence-electron chi connectivity index (χ4n) is 1.34. The lowest BCUT2D eigenvalue weighted by Crippen LogP contribution is -2.23. The lowest BCUT2D eigenvalue weighted by molar-refractivity contribution is -0.142. The van der Waals surface area contributed by atoms with Crippen LogP contribution >= 0.6 is 11.6 Å². The Labute approximate surface area is 118 Å². The lowest BCUT2D eigenvalue weighted by Gasteiger charge is -2.10. The van der Waals surface area contributed by atoms with E-state index >= 15 is 0 Å². The number of carbonyl (C=O) groups is 1. The predicted molar refractivity (Wildman–Crippen MR) is 65.0 cm³/mol. The average molecular weight is 331 g/mol. The number of esters is 1. The largest absolute Gasteiger partial charge is 0.501 e. The van der Waals surface area contributed by atoms with Gasteiger partial charge in [-0.1, -0.05) is 17.7 Å². The molecule has 1 rings (SSSR count). The Morgan fingerprint density at radius 3 is 2.40 bits per heavy atom. The van der Waals surface area contributed by atoms with Gasteiger partial charge in [-0.25, -0.2) is 8.42 Å². The van der Waals surface area contributed by atoms with Gasteiger partial charge in [0.05, 0.1) is 17.9 Å². The number of hydrogen-bond donors (Lipinski definition) is 0. The maximum absolute atomic E-state index is 12.4. The molecule has 0 N–H and O–H groups in total. The molecule has 0 spiro atoms. The molecule has 0 saturated carbocycles. The standard InChI is InChI=1S/C11H10ClF3O4S/c1-2-19-10(16)5-7-3-4-8(6-9(7)12)20(17,18)11(13,14)15/h3-4,6H,2,5H2,1H3. The molecule has 1 aromatic rings. The van der Waals surface area contributed by atoms with Crippen molar-refractivity contribution in [3.05, 3.63) is 28.8 Å². The van der Waals surface area contributed by atoms with Gasteiger partial charge in [-0.2, -0.15) is 13.2 Å². The monoisotopic (exact) mass is 330 g/mol. The van der Waals surface area contributed by atoms with Crippen molar-refractivity contribution in [3.63, 3.8) is 0 Å². The fraction of sp³-hybridized carbons (Fsp3) is 0.364. The quantitative estimate of drug-likeness (QED) is 0.796. The Hall–Kier alpha value is -1.28. The van der Waals surface area contributed by atoms with Crippen LogP contribution in [0, 0.1) is 0 Å². The topological polar surface area (TPSA) is 60.4 Å². The molecule has 9 heteroatoms. The van der Waals surface area contributed by atoms with E-state index in [9.17, 15) is 26.4 Å². The molecular weight excluding hydrogens is 321 g/mol. The predicted octanol–water partition coefficient (Wildman–Crippen LogP) is 2.74. The summed E-state index contributed by atoms with van der Waals surface area (Å²) in [6.45, 7) is 1.75. The number of rotatable bonds is 4. The highest BCUT2D eigenvalue weighted by Gasteiger charge is 2.46. The summed E-state index contributed by atoms with van der Waals surface area (Å²) >= 11 is 5.69. The Bertz CT molecular complexity index is 611. The summed E-state index contributed by atoms with van der Waals surface area (Å²) in [4.78, 5) is 10.3. The molecule has 4 nitrogen and oxygen atoms in total. The van der Waals surface area contributed by atoms with Crippen LogP contribution in [0.25, 0.3) is 0 Å². The molecule has 0 fully saturated rings. The second-order valence-corrected chi connectivity index (χ2v) is 6.03. The zero-order valence-corrected chi connectivity index (χ0v) is 11.8. The van der Waals surface area contributed by atoms with E-state index in [1.54, 1.807) is 6.92 Å². The normalized spacial score (nSPS) is 12.2. The van der Waals surface area contributed by atoms with Crippen molar-refractivity contribution < 1.29 is 31.1 Å². The molecule has 0 aromatic heterocycles. The van der Waals surface area contributed by atoms with Crippen molar-refractivity contribution in [2.75, 3.05) is 6.61 Å². The molecule has 20 heavy (non-hydrogen) atoms. The first-order chi connectivity index (χ1) is 9.09. The van der Waals surface area contributed by atoms with E-state index in [0.717, 1.165) is 12.1 Å². The van der Waals surface area contributed by atoms with Crippen molar-refractivity contribution in [2.45, 2.75) is 23.7 Å². The molecule has 0 atom stereocenters. The maximum Gasteiger partial charge on any atom is 0.501 e. The van der Waals surface area contributed by atoms with Crippen molar-refractivity contribution in [3.8, 4) is 0 Å². The molecule has 0 bridgehead atoms. The number of ether oxygens (including phenoxy) is 1. The number of benzene rings is 1. The first kappa shape index (κ1) is 16.8. The van der Waals surface area contributed by atoms with Crippen LogP contribution in [0.15, 0.2) is 23.1 Å². The molecule has 0 saturated heterocycles. The van der Waals surface area contributed by atoms with E-state index in [1.807, 2.05) is 0 Å². The molecule has 112 valence electrons. The SMILES string of the molecule is CCOC(=O)Cc1ccc(S(=O)(=O)C(F)(F)F)cc1Cl. The Kier molecular flexibility index (Phi) is 5.04. The van der Waals surface area contributed by atoms with Gasteiger partial charge in [0.15, 0.2) is 0 Å². The molecule has 0 aliphatic heterocycles. The molecule has 0 aliphatic rings. The number of hydrogen-bond acceptors (Lipinski definition) is 4. The van der Waals surface area contributed by atoms with Crippen LogP contribution in [0.5, 0.6) is 0 Å². The Morgan fingerprint density at radius 1 is 1.35 bits per heavy atom. The summed E-state index contributed by atoms with van der Waals surface area (Å²) in [7, 11) is -5.46. The zero-order valence-electron chi connectivity index (χ0n) is 10.2. The van der Waals surface area contributed by atoms with Crippen LogP contribution < -0.4 is 0 Å². The van der Waals surface area contributed by atoms with E-state index in [2.05, 4.69) is 4.74 Å². The molecule has 0 unspecified atom stereocenters. The van der Waals surface area contributed by atoms with Crippen LogP contribution in [-0.2, 0) is 25.8 Å². The van der Waals surface area contributed by atoms with Crippen LogP contribution in [0.3, 0.4) is 0 Å². The summed E-state index contributed by atoms with van der Waals surface area (Å²) < 4.78 is 64.1. The number of sulfone groups is 1. The van der Waals surface area contributed by atoms with Crippen molar-refractivity contribution in [2.24, 2.45) is 0 Å². The summed E-state index contributed by atoms with van der Waals surface area (Å²) in [5.41, 5.74) is -5.22. The maximum atomic E-state index is 12.4. The minimum atomic E-state index is -5.46. The second kappa shape index (κ2) is 6.01. The van der Waals surface area contributed by atoms with Gasteiger partial charge in [-0.3, -0.25) is 4.79 Å². The van der Waals surface area contributed by atoms with Crippen molar-refractivity contribution >= 4 is 27.4 Å². The van der Waals surface area contributed by atoms with Gasteiger partial charge in [0, 0.05) is 5.02 Å². The Balaban J connectivity index is 3.09. The molecule has 0 amide bonds. The molecule has 0 heterocycles. The van der Waals surface area contributed by atoms with Crippen LogP contribution in [0.1, 0.15) is 12.5 Å². The van der Waals surface area contributed by atoms with E-state index in [-0.39, 0.29) is 23.6 Å². The third kappa shape index (κ3) is 3.63. The smallest absolute Gasteiger partial charge is 0.466 e. The Morgan fingerprint density at radius 2 is 1.95 bits per heavy atom. The van der Waals surface area contributed by atoms with Gasteiger partial charge in [0.2, 0.25) is 0 Å². The highest BCUT2D eigenvalue weighted by Crippen LogP contribution is 2.32.